The van der Waals surface area contributed by atoms with Gasteiger partial charge in [0.25, 0.3) is 0 Å². The van der Waals surface area contributed by atoms with E-state index in [1.807, 2.05) is 0 Å². The molecule has 0 spiro atoms. The molecule has 0 unspecified atom stereocenters. The van der Waals surface area contributed by atoms with Crippen LogP contribution in [0, 0.1) is 5.21 Å². The highest BCUT2D eigenvalue weighted by Crippen LogP contribution is 2.33. The standard InChI is InChI=1S/C16H10F3NO/c17-16(18,19)13-7-1-5-12(10-13)14-8-2-4-11-6-3-9-20(21)15(11)14/h1-10H. The van der Waals surface area contributed by atoms with Crippen LogP contribution < -0.4 is 4.73 Å². The molecule has 0 radical (unpaired) electrons. The number of aromatic nitrogens is 1. The van der Waals surface area contributed by atoms with Crippen molar-refractivity contribution in [3.05, 3.63) is 71.6 Å². The number of alkyl halides is 3. The minimum Gasteiger partial charge on any atom is -0.618 e. The van der Waals surface area contributed by atoms with Crippen LogP contribution in [0.15, 0.2) is 60.8 Å². The van der Waals surface area contributed by atoms with Crippen LogP contribution in [-0.4, -0.2) is 0 Å². The second kappa shape index (κ2) is 4.77. The first-order valence-electron chi connectivity index (χ1n) is 6.25. The van der Waals surface area contributed by atoms with Crippen LogP contribution in [0.25, 0.3) is 22.0 Å². The van der Waals surface area contributed by atoms with Gasteiger partial charge in [0.2, 0.25) is 5.52 Å². The third-order valence-electron chi connectivity index (χ3n) is 3.29. The first kappa shape index (κ1) is 13.4. The molecule has 3 rings (SSSR count). The van der Waals surface area contributed by atoms with Crippen molar-refractivity contribution in [1.29, 1.82) is 0 Å². The van der Waals surface area contributed by atoms with Crippen molar-refractivity contribution >= 4 is 10.9 Å². The van der Waals surface area contributed by atoms with Gasteiger partial charge in [-0.25, -0.2) is 0 Å². The lowest BCUT2D eigenvalue weighted by atomic mass is 10.00. The molecule has 2 nitrogen and oxygen atoms in total. The largest absolute Gasteiger partial charge is 0.618 e. The Balaban J connectivity index is 2.26. The van der Waals surface area contributed by atoms with Gasteiger partial charge < -0.3 is 5.21 Å². The molecule has 0 aliphatic heterocycles. The summed E-state index contributed by atoms with van der Waals surface area (Å²) in [5.74, 6) is 0. The van der Waals surface area contributed by atoms with Gasteiger partial charge in [-0.15, -0.1) is 0 Å². The van der Waals surface area contributed by atoms with E-state index >= 15 is 0 Å². The third-order valence-corrected chi connectivity index (χ3v) is 3.29. The van der Waals surface area contributed by atoms with Gasteiger partial charge in [0.05, 0.1) is 11.1 Å². The molecule has 21 heavy (non-hydrogen) atoms. The lowest BCUT2D eigenvalue weighted by molar-refractivity contribution is -0.576. The zero-order chi connectivity index (χ0) is 15.0. The summed E-state index contributed by atoms with van der Waals surface area (Å²) in [6, 6.07) is 13.4. The van der Waals surface area contributed by atoms with Crippen molar-refractivity contribution in [2.45, 2.75) is 6.18 Å². The zero-order valence-corrected chi connectivity index (χ0v) is 10.8. The molecule has 0 bridgehead atoms. The lowest BCUT2D eigenvalue weighted by Crippen LogP contribution is -2.26. The van der Waals surface area contributed by atoms with Crippen molar-refractivity contribution < 1.29 is 17.9 Å². The van der Waals surface area contributed by atoms with E-state index in [2.05, 4.69) is 0 Å². The predicted octanol–water partition coefficient (Wildman–Crippen LogP) is 4.16. The van der Waals surface area contributed by atoms with E-state index in [4.69, 9.17) is 0 Å². The Bertz CT molecular complexity index is 807. The van der Waals surface area contributed by atoms with Gasteiger partial charge in [-0.1, -0.05) is 18.2 Å². The second-order valence-electron chi connectivity index (χ2n) is 4.66. The maximum Gasteiger partial charge on any atom is 0.416 e. The summed E-state index contributed by atoms with van der Waals surface area (Å²) >= 11 is 0. The maximum atomic E-state index is 12.8. The van der Waals surface area contributed by atoms with Crippen LogP contribution in [0.2, 0.25) is 0 Å². The summed E-state index contributed by atoms with van der Waals surface area (Å²) in [6.45, 7) is 0. The predicted molar refractivity (Wildman–Crippen MR) is 73.3 cm³/mol. The third kappa shape index (κ3) is 2.42. The molecule has 3 aromatic rings. The van der Waals surface area contributed by atoms with E-state index in [0.717, 1.165) is 12.1 Å². The van der Waals surface area contributed by atoms with E-state index in [0.29, 0.717) is 26.8 Å². The number of rotatable bonds is 1. The minimum atomic E-state index is -4.41. The molecule has 0 N–H and O–H groups in total. The monoisotopic (exact) mass is 289 g/mol. The molecule has 5 heteroatoms. The molecule has 0 atom stereocenters. The van der Waals surface area contributed by atoms with Crippen molar-refractivity contribution in [3.8, 4) is 11.1 Å². The normalized spacial score (nSPS) is 11.8. The van der Waals surface area contributed by atoms with Crippen LogP contribution in [0.1, 0.15) is 5.56 Å². The van der Waals surface area contributed by atoms with Gasteiger partial charge in [-0.3, -0.25) is 0 Å². The smallest absolute Gasteiger partial charge is 0.416 e. The maximum absolute atomic E-state index is 12.8. The first-order valence-corrected chi connectivity index (χ1v) is 6.25. The Hall–Kier alpha value is -2.56. The fourth-order valence-corrected chi connectivity index (χ4v) is 2.34. The molecule has 0 aliphatic carbocycles. The Morgan fingerprint density at radius 2 is 1.62 bits per heavy atom. The van der Waals surface area contributed by atoms with Gasteiger partial charge in [0.1, 0.15) is 0 Å². The molecular weight excluding hydrogens is 279 g/mol. The van der Waals surface area contributed by atoms with E-state index in [9.17, 15) is 18.4 Å². The summed E-state index contributed by atoms with van der Waals surface area (Å²) in [6.07, 6.45) is -3.08. The highest BCUT2D eigenvalue weighted by molar-refractivity contribution is 5.91. The molecule has 1 aromatic heterocycles. The number of benzene rings is 2. The Morgan fingerprint density at radius 3 is 2.38 bits per heavy atom. The van der Waals surface area contributed by atoms with E-state index in [1.165, 1.54) is 12.3 Å². The Morgan fingerprint density at radius 1 is 0.905 bits per heavy atom. The molecule has 0 saturated carbocycles. The highest BCUT2D eigenvalue weighted by Gasteiger charge is 2.30. The van der Waals surface area contributed by atoms with E-state index < -0.39 is 11.7 Å². The van der Waals surface area contributed by atoms with Crippen LogP contribution >= 0.6 is 0 Å². The van der Waals surface area contributed by atoms with Crippen LogP contribution in [0.4, 0.5) is 13.2 Å². The molecule has 106 valence electrons. The summed E-state index contributed by atoms with van der Waals surface area (Å²) in [4.78, 5) is 0. The van der Waals surface area contributed by atoms with Gasteiger partial charge in [0.15, 0.2) is 6.20 Å². The van der Waals surface area contributed by atoms with Crippen LogP contribution in [-0.2, 0) is 6.18 Å². The first-order chi connectivity index (χ1) is 9.97. The Kier molecular flexibility index (Phi) is 3.05. The quantitative estimate of drug-likeness (QED) is 0.488. The van der Waals surface area contributed by atoms with Crippen molar-refractivity contribution in [2.24, 2.45) is 0 Å². The SMILES string of the molecule is [O-][n+]1cccc2cccc(-c3cccc(C(F)(F)F)c3)c21. The van der Waals surface area contributed by atoms with Crippen molar-refractivity contribution in [3.63, 3.8) is 0 Å². The number of hydrogen-bond acceptors (Lipinski definition) is 1. The fraction of sp³-hybridized carbons (Fsp3) is 0.0625. The summed E-state index contributed by atoms with van der Waals surface area (Å²) < 4.78 is 39.1. The zero-order valence-electron chi connectivity index (χ0n) is 10.8. The molecule has 1 heterocycles. The highest BCUT2D eigenvalue weighted by atomic mass is 19.4. The van der Waals surface area contributed by atoms with E-state index in [1.54, 1.807) is 36.4 Å². The average Bonchev–Trinajstić information content (AvgIpc) is 2.46. The molecule has 0 fully saturated rings. The van der Waals surface area contributed by atoms with E-state index in [-0.39, 0.29) is 0 Å². The lowest BCUT2D eigenvalue weighted by Gasteiger charge is -2.10. The molecule has 2 aromatic carbocycles. The molecule has 0 saturated heterocycles. The van der Waals surface area contributed by atoms with Gasteiger partial charge in [-0.05, 0) is 35.9 Å². The number of para-hydroxylation sites is 1. The molecule has 0 aliphatic rings. The van der Waals surface area contributed by atoms with Gasteiger partial charge in [0, 0.05) is 11.5 Å². The second-order valence-corrected chi connectivity index (χ2v) is 4.66. The summed E-state index contributed by atoms with van der Waals surface area (Å²) in [7, 11) is 0. The number of pyridine rings is 1. The minimum absolute atomic E-state index is 0.360. The topological polar surface area (TPSA) is 26.9 Å². The van der Waals surface area contributed by atoms with Gasteiger partial charge >= 0.3 is 6.18 Å². The molecular formula is C16H10F3NO. The Labute approximate surface area is 118 Å². The van der Waals surface area contributed by atoms with Gasteiger partial charge in [-0.2, -0.15) is 17.9 Å². The molecule has 0 amide bonds. The number of nitrogens with zero attached hydrogens (tertiary/aromatic N) is 1. The van der Waals surface area contributed by atoms with Crippen molar-refractivity contribution in [1.82, 2.24) is 0 Å². The number of fused-ring (bicyclic) bond motifs is 1. The van der Waals surface area contributed by atoms with Crippen LogP contribution in [0.3, 0.4) is 0 Å². The number of hydrogen-bond donors (Lipinski definition) is 0. The fourth-order valence-electron chi connectivity index (χ4n) is 2.34. The van der Waals surface area contributed by atoms with Crippen LogP contribution in [0.5, 0.6) is 0 Å². The average molecular weight is 289 g/mol. The number of halogens is 3. The summed E-state index contributed by atoms with van der Waals surface area (Å²) in [5.41, 5.74) is 0.477. The summed E-state index contributed by atoms with van der Waals surface area (Å²) in [5, 5.41) is 12.6. The van der Waals surface area contributed by atoms with Crippen molar-refractivity contribution in [2.75, 3.05) is 0 Å².